The van der Waals surface area contributed by atoms with Gasteiger partial charge in [-0.25, -0.2) is 0 Å². The van der Waals surface area contributed by atoms with Crippen molar-refractivity contribution in [2.45, 2.75) is 31.9 Å². The van der Waals surface area contributed by atoms with Crippen molar-refractivity contribution in [2.75, 3.05) is 13.6 Å². The number of rotatable bonds is 3. The summed E-state index contributed by atoms with van der Waals surface area (Å²) >= 11 is 0. The van der Waals surface area contributed by atoms with Gasteiger partial charge in [-0.3, -0.25) is 0 Å². The third-order valence-electron chi connectivity index (χ3n) is 3.08. The Morgan fingerprint density at radius 1 is 1.50 bits per heavy atom. The van der Waals surface area contributed by atoms with Crippen molar-refractivity contribution in [3.8, 4) is 5.75 Å². The van der Waals surface area contributed by atoms with Crippen LogP contribution in [-0.2, 0) is 6.42 Å². The summed E-state index contributed by atoms with van der Waals surface area (Å²) in [6.07, 6.45) is 0.969. The molecular weight excluding hydrogens is 200 g/mol. The van der Waals surface area contributed by atoms with Crippen molar-refractivity contribution in [3.63, 3.8) is 0 Å². The lowest BCUT2D eigenvalue weighted by Gasteiger charge is -2.21. The van der Waals surface area contributed by atoms with Crippen LogP contribution in [0, 0.1) is 0 Å². The molecule has 0 saturated heterocycles. The molecule has 0 aromatic heterocycles. The van der Waals surface area contributed by atoms with Gasteiger partial charge in [0.05, 0.1) is 0 Å². The third kappa shape index (κ3) is 1.93. The molecule has 16 heavy (non-hydrogen) atoms. The van der Waals surface area contributed by atoms with Crippen LogP contribution in [-0.4, -0.2) is 19.2 Å². The van der Waals surface area contributed by atoms with Crippen LogP contribution in [0.25, 0.3) is 0 Å². The first kappa shape index (κ1) is 11.4. The van der Waals surface area contributed by atoms with E-state index in [1.807, 2.05) is 7.05 Å². The molecule has 0 saturated carbocycles. The summed E-state index contributed by atoms with van der Waals surface area (Å²) < 4.78 is 6.01. The highest BCUT2D eigenvalue weighted by atomic mass is 16.5. The monoisotopic (exact) mass is 220 g/mol. The van der Waals surface area contributed by atoms with E-state index in [-0.39, 0.29) is 11.6 Å². The molecule has 3 heteroatoms. The maximum absolute atomic E-state index is 6.01. The van der Waals surface area contributed by atoms with Crippen molar-refractivity contribution in [1.29, 1.82) is 0 Å². The first-order valence-electron chi connectivity index (χ1n) is 5.75. The number of benzene rings is 1. The van der Waals surface area contributed by atoms with Crippen molar-refractivity contribution in [1.82, 2.24) is 5.32 Å². The molecule has 1 aliphatic heterocycles. The summed E-state index contributed by atoms with van der Waals surface area (Å²) in [6.45, 7) is 4.82. The third-order valence-corrected chi connectivity index (χ3v) is 3.08. The molecular formula is C13H20N2O. The number of hydrogen-bond donors (Lipinski definition) is 2. The fourth-order valence-electron chi connectivity index (χ4n) is 2.31. The van der Waals surface area contributed by atoms with Crippen LogP contribution in [0.15, 0.2) is 18.2 Å². The van der Waals surface area contributed by atoms with Crippen molar-refractivity contribution >= 4 is 0 Å². The summed E-state index contributed by atoms with van der Waals surface area (Å²) in [7, 11) is 1.93. The van der Waals surface area contributed by atoms with Gasteiger partial charge in [0.2, 0.25) is 0 Å². The van der Waals surface area contributed by atoms with Crippen LogP contribution in [0.4, 0.5) is 0 Å². The molecule has 1 heterocycles. The lowest BCUT2D eigenvalue weighted by molar-refractivity contribution is 0.136. The Morgan fingerprint density at radius 2 is 2.25 bits per heavy atom. The molecule has 3 N–H and O–H groups in total. The quantitative estimate of drug-likeness (QED) is 0.813. The van der Waals surface area contributed by atoms with Crippen LogP contribution in [0.3, 0.4) is 0 Å². The molecule has 0 radical (unpaired) electrons. The normalized spacial score (nSPS) is 19.0. The molecule has 0 aliphatic carbocycles. The molecule has 1 atom stereocenters. The molecule has 1 aromatic carbocycles. The minimum atomic E-state index is -0.0919. The van der Waals surface area contributed by atoms with Crippen LogP contribution in [0.2, 0.25) is 0 Å². The van der Waals surface area contributed by atoms with E-state index in [1.54, 1.807) is 0 Å². The SMILES string of the molecule is CNC(CN)c1cccc2c1OC(C)(C)C2. The Morgan fingerprint density at radius 3 is 2.88 bits per heavy atom. The summed E-state index contributed by atoms with van der Waals surface area (Å²) in [5.74, 6) is 1.03. The van der Waals surface area contributed by atoms with Crippen molar-refractivity contribution in [3.05, 3.63) is 29.3 Å². The predicted molar refractivity (Wildman–Crippen MR) is 65.7 cm³/mol. The summed E-state index contributed by atoms with van der Waals surface area (Å²) in [5.41, 5.74) is 8.13. The largest absolute Gasteiger partial charge is 0.487 e. The van der Waals surface area contributed by atoms with E-state index in [0.29, 0.717) is 6.54 Å². The van der Waals surface area contributed by atoms with Crippen molar-refractivity contribution in [2.24, 2.45) is 5.73 Å². The van der Waals surface area contributed by atoms with Crippen LogP contribution in [0.5, 0.6) is 5.75 Å². The van der Waals surface area contributed by atoms with Gasteiger partial charge < -0.3 is 15.8 Å². The first-order valence-corrected chi connectivity index (χ1v) is 5.75. The molecule has 88 valence electrons. The molecule has 0 bridgehead atoms. The van der Waals surface area contributed by atoms with E-state index >= 15 is 0 Å². The Hall–Kier alpha value is -1.06. The number of hydrogen-bond acceptors (Lipinski definition) is 3. The second-order valence-electron chi connectivity index (χ2n) is 4.95. The maximum Gasteiger partial charge on any atom is 0.128 e. The van der Waals surface area contributed by atoms with Gasteiger partial charge in [-0.15, -0.1) is 0 Å². The number of likely N-dealkylation sites (N-methyl/N-ethyl adjacent to an activating group) is 1. The maximum atomic E-state index is 6.01. The Kier molecular flexibility index (Phi) is 2.91. The van der Waals surface area contributed by atoms with Gasteiger partial charge in [-0.05, 0) is 26.5 Å². The van der Waals surface area contributed by atoms with E-state index in [9.17, 15) is 0 Å². The highest BCUT2D eigenvalue weighted by Crippen LogP contribution is 2.39. The second-order valence-corrected chi connectivity index (χ2v) is 4.95. The highest BCUT2D eigenvalue weighted by molar-refractivity contribution is 5.47. The molecule has 0 amide bonds. The van der Waals surface area contributed by atoms with E-state index in [2.05, 4.69) is 37.4 Å². The molecule has 3 nitrogen and oxygen atoms in total. The number of ether oxygens (including phenoxy) is 1. The molecule has 0 spiro atoms. The molecule has 1 unspecified atom stereocenters. The average molecular weight is 220 g/mol. The van der Waals surface area contributed by atoms with Gasteiger partial charge in [-0.2, -0.15) is 0 Å². The minimum absolute atomic E-state index is 0.0919. The van der Waals surface area contributed by atoms with Crippen LogP contribution < -0.4 is 15.8 Å². The van der Waals surface area contributed by atoms with Gasteiger partial charge in [-0.1, -0.05) is 18.2 Å². The Labute approximate surface area is 97.0 Å². The van der Waals surface area contributed by atoms with E-state index < -0.39 is 0 Å². The van der Waals surface area contributed by atoms with Crippen molar-refractivity contribution < 1.29 is 4.74 Å². The fourth-order valence-corrected chi connectivity index (χ4v) is 2.31. The van der Waals surface area contributed by atoms with E-state index in [1.165, 1.54) is 11.1 Å². The molecule has 1 aliphatic rings. The zero-order valence-electron chi connectivity index (χ0n) is 10.2. The number of fused-ring (bicyclic) bond motifs is 1. The van der Waals surface area contributed by atoms with Crippen LogP contribution in [0.1, 0.15) is 31.0 Å². The summed E-state index contributed by atoms with van der Waals surface area (Å²) in [5, 5.41) is 3.22. The number of nitrogens with one attached hydrogen (secondary N) is 1. The first-order chi connectivity index (χ1) is 7.57. The van der Waals surface area contributed by atoms with Gasteiger partial charge in [0.15, 0.2) is 0 Å². The smallest absolute Gasteiger partial charge is 0.128 e. The van der Waals surface area contributed by atoms with E-state index in [0.717, 1.165) is 12.2 Å². The predicted octanol–water partition coefficient (Wildman–Crippen LogP) is 1.62. The minimum Gasteiger partial charge on any atom is -0.487 e. The Balaban J connectivity index is 2.40. The number of para-hydroxylation sites is 1. The average Bonchev–Trinajstić information content (AvgIpc) is 2.54. The fraction of sp³-hybridized carbons (Fsp3) is 0.538. The van der Waals surface area contributed by atoms with E-state index in [4.69, 9.17) is 10.5 Å². The number of nitrogens with two attached hydrogens (primary N) is 1. The zero-order valence-corrected chi connectivity index (χ0v) is 10.2. The van der Waals surface area contributed by atoms with Gasteiger partial charge >= 0.3 is 0 Å². The standard InChI is InChI=1S/C13H20N2O/c1-13(2)7-9-5-4-6-10(12(9)16-13)11(8-14)15-3/h4-6,11,15H,7-8,14H2,1-3H3. The molecule has 2 rings (SSSR count). The zero-order chi connectivity index (χ0) is 11.8. The van der Waals surface area contributed by atoms with Gasteiger partial charge in [0.1, 0.15) is 11.4 Å². The highest BCUT2D eigenvalue weighted by Gasteiger charge is 2.32. The Bertz CT molecular complexity index is 384. The van der Waals surface area contributed by atoms with Gasteiger partial charge in [0.25, 0.3) is 0 Å². The molecule has 0 fully saturated rings. The second kappa shape index (κ2) is 4.07. The lowest BCUT2D eigenvalue weighted by Crippen LogP contribution is -2.27. The van der Waals surface area contributed by atoms with Crippen LogP contribution >= 0.6 is 0 Å². The summed E-state index contributed by atoms with van der Waals surface area (Å²) in [4.78, 5) is 0. The topological polar surface area (TPSA) is 47.3 Å². The summed E-state index contributed by atoms with van der Waals surface area (Å²) in [6, 6.07) is 6.48. The van der Waals surface area contributed by atoms with Gasteiger partial charge in [0, 0.05) is 24.6 Å². The lowest BCUT2D eigenvalue weighted by atomic mass is 9.98. The molecule has 1 aromatic rings.